The lowest BCUT2D eigenvalue weighted by Crippen LogP contribution is -2.26. The van der Waals surface area contributed by atoms with Crippen molar-refractivity contribution in [2.45, 2.75) is 12.5 Å². The van der Waals surface area contributed by atoms with Gasteiger partial charge in [-0.15, -0.1) is 11.3 Å². The van der Waals surface area contributed by atoms with Crippen LogP contribution in [0.5, 0.6) is 0 Å². The number of fused-ring (bicyclic) bond motifs is 3. The van der Waals surface area contributed by atoms with Crippen LogP contribution in [0.1, 0.15) is 5.56 Å². The van der Waals surface area contributed by atoms with Crippen molar-refractivity contribution in [1.82, 2.24) is 0 Å². The molecular formula is C11H9NO2S. The van der Waals surface area contributed by atoms with Crippen LogP contribution < -0.4 is 5.32 Å². The summed E-state index contributed by atoms with van der Waals surface area (Å²) in [6.45, 7) is 0. The number of hydrogen-bond acceptors (Lipinski definition) is 3. The van der Waals surface area contributed by atoms with Crippen LogP contribution in [-0.4, -0.2) is 17.1 Å². The second kappa shape index (κ2) is 2.97. The van der Waals surface area contributed by atoms with E-state index in [9.17, 15) is 4.79 Å². The molecule has 2 heterocycles. The van der Waals surface area contributed by atoms with Crippen molar-refractivity contribution in [3.63, 3.8) is 0 Å². The van der Waals surface area contributed by atoms with E-state index in [0.29, 0.717) is 6.42 Å². The topological polar surface area (TPSA) is 49.3 Å². The Hall–Kier alpha value is -1.55. The molecule has 2 N–H and O–H groups in total. The molecule has 3 rings (SSSR count). The smallest absolute Gasteiger partial charge is 0.326 e. The van der Waals surface area contributed by atoms with E-state index < -0.39 is 12.0 Å². The highest BCUT2D eigenvalue weighted by atomic mass is 32.1. The highest BCUT2D eigenvalue weighted by Crippen LogP contribution is 2.36. The highest BCUT2D eigenvalue weighted by molar-refractivity contribution is 7.17. The van der Waals surface area contributed by atoms with Gasteiger partial charge in [-0.1, -0.05) is 6.07 Å². The first-order valence-electron chi connectivity index (χ1n) is 4.74. The minimum Gasteiger partial charge on any atom is -0.480 e. The highest BCUT2D eigenvalue weighted by Gasteiger charge is 2.27. The molecule has 0 bridgehead atoms. The average molecular weight is 219 g/mol. The average Bonchev–Trinajstić information content (AvgIpc) is 2.82. The molecule has 0 radical (unpaired) electrons. The van der Waals surface area contributed by atoms with E-state index in [1.54, 1.807) is 11.3 Å². The van der Waals surface area contributed by atoms with Crippen molar-refractivity contribution in [3.05, 3.63) is 29.1 Å². The minimum absolute atomic E-state index is 0.467. The van der Waals surface area contributed by atoms with Gasteiger partial charge >= 0.3 is 5.97 Å². The third-order valence-corrected chi connectivity index (χ3v) is 3.64. The molecule has 1 unspecified atom stereocenters. The Kier molecular flexibility index (Phi) is 1.73. The Bertz CT molecular complexity index is 547. The van der Waals surface area contributed by atoms with Gasteiger partial charge in [0.05, 0.1) is 0 Å². The second-order valence-corrected chi connectivity index (χ2v) is 4.62. The van der Waals surface area contributed by atoms with E-state index in [2.05, 4.69) is 11.4 Å². The summed E-state index contributed by atoms with van der Waals surface area (Å²) < 4.78 is 1.20. The predicted molar refractivity (Wildman–Crippen MR) is 60.6 cm³/mol. The molecule has 1 atom stereocenters. The standard InChI is InChI=1S/C11H9NO2S/c13-11(14)8-5-6-1-2-9-7(3-4-15-9)10(6)12-8/h1-4,8,12H,5H2,(H,13,14). The first-order valence-corrected chi connectivity index (χ1v) is 5.62. The molecule has 0 spiro atoms. The van der Waals surface area contributed by atoms with Gasteiger partial charge in [-0.3, -0.25) is 0 Å². The van der Waals surface area contributed by atoms with Crippen molar-refractivity contribution < 1.29 is 9.90 Å². The van der Waals surface area contributed by atoms with Crippen LogP contribution in [0, 0.1) is 0 Å². The van der Waals surface area contributed by atoms with E-state index in [0.717, 1.165) is 16.6 Å². The number of benzene rings is 1. The van der Waals surface area contributed by atoms with Crippen LogP contribution in [0.3, 0.4) is 0 Å². The molecule has 2 aromatic rings. The molecule has 1 aliphatic rings. The molecule has 76 valence electrons. The Morgan fingerprint density at radius 1 is 1.47 bits per heavy atom. The van der Waals surface area contributed by atoms with Gasteiger partial charge in [0.1, 0.15) is 6.04 Å². The summed E-state index contributed by atoms with van der Waals surface area (Å²) in [6, 6.07) is 5.65. The summed E-state index contributed by atoms with van der Waals surface area (Å²) in [6.07, 6.45) is 0.580. The molecule has 1 aromatic carbocycles. The van der Waals surface area contributed by atoms with Gasteiger partial charge < -0.3 is 10.4 Å². The number of thiophene rings is 1. The molecule has 0 aliphatic carbocycles. The summed E-state index contributed by atoms with van der Waals surface area (Å²) in [5.41, 5.74) is 2.11. The third-order valence-electron chi connectivity index (χ3n) is 2.76. The summed E-state index contributed by atoms with van der Waals surface area (Å²) in [5, 5.41) is 15.2. The molecule has 3 nitrogen and oxygen atoms in total. The van der Waals surface area contributed by atoms with Crippen LogP contribution >= 0.6 is 11.3 Å². The van der Waals surface area contributed by atoms with E-state index in [1.807, 2.05) is 17.5 Å². The normalized spacial score (nSPS) is 18.8. The van der Waals surface area contributed by atoms with Crippen LogP contribution in [0.25, 0.3) is 10.1 Å². The van der Waals surface area contributed by atoms with Gasteiger partial charge in [0.15, 0.2) is 0 Å². The first kappa shape index (κ1) is 8.73. The predicted octanol–water partition coefficient (Wildman–Crippen LogP) is 2.32. The fourth-order valence-corrected chi connectivity index (χ4v) is 2.82. The maximum absolute atomic E-state index is 10.9. The third kappa shape index (κ3) is 1.22. The molecule has 0 fully saturated rings. The van der Waals surface area contributed by atoms with Crippen molar-refractivity contribution in [2.75, 3.05) is 5.32 Å². The monoisotopic (exact) mass is 219 g/mol. The molecular weight excluding hydrogens is 210 g/mol. The minimum atomic E-state index is -0.783. The lowest BCUT2D eigenvalue weighted by atomic mass is 10.1. The van der Waals surface area contributed by atoms with Gasteiger partial charge in [0, 0.05) is 22.2 Å². The van der Waals surface area contributed by atoms with Crippen molar-refractivity contribution in [1.29, 1.82) is 0 Å². The largest absolute Gasteiger partial charge is 0.480 e. The van der Waals surface area contributed by atoms with Crippen LogP contribution in [-0.2, 0) is 11.2 Å². The van der Waals surface area contributed by atoms with Crippen LogP contribution in [0.2, 0.25) is 0 Å². The zero-order valence-electron chi connectivity index (χ0n) is 7.86. The fraction of sp³-hybridized carbons (Fsp3) is 0.182. The quantitative estimate of drug-likeness (QED) is 0.773. The van der Waals surface area contributed by atoms with Gasteiger partial charge in [0.2, 0.25) is 0 Å². The summed E-state index contributed by atoms with van der Waals surface area (Å²) in [5.74, 6) is -0.783. The molecule has 15 heavy (non-hydrogen) atoms. The molecule has 1 aliphatic heterocycles. The number of rotatable bonds is 1. The number of nitrogens with one attached hydrogen (secondary N) is 1. The molecule has 0 saturated heterocycles. The van der Waals surface area contributed by atoms with E-state index >= 15 is 0 Å². The van der Waals surface area contributed by atoms with Gasteiger partial charge in [-0.2, -0.15) is 0 Å². The Morgan fingerprint density at radius 3 is 3.13 bits per heavy atom. The van der Waals surface area contributed by atoms with Crippen LogP contribution in [0.15, 0.2) is 23.6 Å². The summed E-state index contributed by atoms with van der Waals surface area (Å²) in [4.78, 5) is 10.9. The number of carboxylic acids is 1. The van der Waals surface area contributed by atoms with Gasteiger partial charge in [-0.25, -0.2) is 4.79 Å². The molecule has 4 heteroatoms. The fourth-order valence-electron chi connectivity index (χ4n) is 2.02. The first-order chi connectivity index (χ1) is 7.25. The van der Waals surface area contributed by atoms with E-state index in [4.69, 9.17) is 5.11 Å². The Morgan fingerprint density at radius 2 is 2.33 bits per heavy atom. The number of carboxylic acid groups (broad SMARTS) is 1. The van der Waals surface area contributed by atoms with E-state index in [1.165, 1.54) is 4.70 Å². The Labute approximate surface area is 90.3 Å². The maximum atomic E-state index is 10.9. The van der Waals surface area contributed by atoms with Crippen molar-refractivity contribution >= 4 is 33.1 Å². The Balaban J connectivity index is 2.15. The lowest BCUT2D eigenvalue weighted by Gasteiger charge is -2.04. The number of hydrogen-bond donors (Lipinski definition) is 2. The van der Waals surface area contributed by atoms with Gasteiger partial charge in [-0.05, 0) is 23.1 Å². The number of carbonyl (C=O) groups is 1. The van der Waals surface area contributed by atoms with Gasteiger partial charge in [0.25, 0.3) is 0 Å². The number of aliphatic carboxylic acids is 1. The zero-order valence-corrected chi connectivity index (χ0v) is 8.67. The molecule has 1 aromatic heterocycles. The maximum Gasteiger partial charge on any atom is 0.326 e. The second-order valence-electron chi connectivity index (χ2n) is 3.67. The van der Waals surface area contributed by atoms with E-state index in [-0.39, 0.29) is 0 Å². The van der Waals surface area contributed by atoms with Crippen molar-refractivity contribution in [3.8, 4) is 0 Å². The summed E-state index contributed by atoms with van der Waals surface area (Å²) >= 11 is 1.68. The van der Waals surface area contributed by atoms with Crippen LogP contribution in [0.4, 0.5) is 5.69 Å². The summed E-state index contributed by atoms with van der Waals surface area (Å²) in [7, 11) is 0. The zero-order chi connectivity index (χ0) is 10.4. The molecule has 0 amide bonds. The lowest BCUT2D eigenvalue weighted by molar-refractivity contribution is -0.137. The molecule has 0 saturated carbocycles. The van der Waals surface area contributed by atoms with Crippen molar-refractivity contribution in [2.24, 2.45) is 0 Å². The number of anilines is 1. The SMILES string of the molecule is O=C(O)C1Cc2ccc3sccc3c2N1.